The summed E-state index contributed by atoms with van der Waals surface area (Å²) in [5, 5.41) is 43.7. The van der Waals surface area contributed by atoms with Gasteiger partial charge in [-0.25, -0.2) is 0 Å². The normalized spacial score (nSPS) is 14.1. The third kappa shape index (κ3) is 41.9. The monoisotopic (exact) mass is 834 g/mol. The van der Waals surface area contributed by atoms with Crippen LogP contribution < -0.4 is 5.32 Å². The lowest BCUT2D eigenvalue weighted by molar-refractivity contribution is -0.132. The Bertz CT molecular complexity index is 893. The average Bonchev–Trinajstić information content (AvgIpc) is 3.24. The second-order valence-electron chi connectivity index (χ2n) is 18.2. The Labute approximate surface area is 367 Å². The molecule has 0 aliphatic rings. The summed E-state index contributed by atoms with van der Waals surface area (Å²) in [5.41, 5.74) is 0. The number of nitrogens with one attached hydrogen (secondary N) is 1. The zero-order valence-electron chi connectivity index (χ0n) is 39.5. The fourth-order valence-electron chi connectivity index (χ4n) is 8.22. The molecule has 6 heteroatoms. The molecule has 4 atom stereocenters. The van der Waals surface area contributed by atoms with Gasteiger partial charge in [-0.1, -0.05) is 237 Å². The number of carbonyl (C=O) groups excluding carboxylic acids is 1. The quantitative estimate of drug-likeness (QED) is 0.0310. The van der Waals surface area contributed by atoms with Gasteiger partial charge in [0, 0.05) is 0 Å². The summed E-state index contributed by atoms with van der Waals surface area (Å²) in [4.78, 5) is 12.5. The van der Waals surface area contributed by atoms with Crippen molar-refractivity contribution in [3.8, 4) is 0 Å². The van der Waals surface area contributed by atoms with Crippen molar-refractivity contribution in [3.05, 3.63) is 24.3 Å². The SMILES string of the molecule is CCCCCCCCCC/C=C/CCCC(O)C(O)C(CO)NC(=O)C(O)CCCCCCCCCCCCCCCC/C=C\CCCCCCCCCCCCCC. The Morgan fingerprint density at radius 3 is 1.02 bits per heavy atom. The van der Waals surface area contributed by atoms with Crippen LogP contribution in [-0.2, 0) is 4.79 Å². The van der Waals surface area contributed by atoms with Crippen molar-refractivity contribution in [2.45, 2.75) is 301 Å². The van der Waals surface area contributed by atoms with Gasteiger partial charge in [-0.2, -0.15) is 0 Å². The van der Waals surface area contributed by atoms with Gasteiger partial charge in [0.1, 0.15) is 12.2 Å². The van der Waals surface area contributed by atoms with E-state index in [1.54, 1.807) is 0 Å². The van der Waals surface area contributed by atoms with Gasteiger partial charge in [0.15, 0.2) is 0 Å². The van der Waals surface area contributed by atoms with Gasteiger partial charge >= 0.3 is 0 Å². The van der Waals surface area contributed by atoms with E-state index in [4.69, 9.17) is 0 Å². The molecule has 0 rings (SSSR count). The minimum Gasteiger partial charge on any atom is -0.394 e. The number of allylic oxidation sites excluding steroid dienone is 4. The molecule has 0 spiro atoms. The topological polar surface area (TPSA) is 110 Å². The number of rotatable bonds is 48. The van der Waals surface area contributed by atoms with Crippen LogP contribution in [0.4, 0.5) is 0 Å². The van der Waals surface area contributed by atoms with E-state index in [9.17, 15) is 25.2 Å². The van der Waals surface area contributed by atoms with Crippen molar-refractivity contribution >= 4 is 5.91 Å². The van der Waals surface area contributed by atoms with Crippen molar-refractivity contribution < 1.29 is 25.2 Å². The van der Waals surface area contributed by atoms with E-state index < -0.39 is 36.9 Å². The van der Waals surface area contributed by atoms with Crippen LogP contribution in [0.3, 0.4) is 0 Å². The molecule has 0 saturated carbocycles. The predicted octanol–water partition coefficient (Wildman–Crippen LogP) is 14.7. The van der Waals surface area contributed by atoms with Crippen LogP contribution in [0.25, 0.3) is 0 Å². The Balaban J connectivity index is 3.60. The summed E-state index contributed by atoms with van der Waals surface area (Å²) in [7, 11) is 0. The largest absolute Gasteiger partial charge is 0.394 e. The van der Waals surface area contributed by atoms with Crippen molar-refractivity contribution in [1.82, 2.24) is 5.32 Å². The standard InChI is InChI=1S/C53H103NO5/c1-3-5-7-9-11-13-15-17-18-19-20-21-22-23-24-25-26-27-28-29-30-31-32-33-35-37-39-41-43-45-47-51(57)53(59)54-49(48-55)52(58)50(56)46-44-42-40-38-36-34-16-14-12-10-8-6-4-2/h23-24,38,40,49-52,55-58H,3-22,25-37,39,41-48H2,1-2H3,(H,54,59)/b24-23-,40-38+. The average molecular weight is 834 g/mol. The van der Waals surface area contributed by atoms with Crippen molar-refractivity contribution in [3.63, 3.8) is 0 Å². The van der Waals surface area contributed by atoms with Gasteiger partial charge in [-0.3, -0.25) is 4.79 Å². The number of hydrogen-bond acceptors (Lipinski definition) is 5. The Morgan fingerprint density at radius 2 is 0.695 bits per heavy atom. The summed E-state index contributed by atoms with van der Waals surface area (Å²) < 4.78 is 0. The number of amides is 1. The highest BCUT2D eigenvalue weighted by Gasteiger charge is 2.28. The molecule has 5 N–H and O–H groups in total. The van der Waals surface area contributed by atoms with Gasteiger partial charge in [-0.05, 0) is 64.2 Å². The maximum atomic E-state index is 12.5. The molecule has 0 bridgehead atoms. The van der Waals surface area contributed by atoms with Gasteiger partial charge in [-0.15, -0.1) is 0 Å². The highest BCUT2D eigenvalue weighted by Crippen LogP contribution is 2.17. The Kier molecular flexibility index (Phi) is 46.9. The molecule has 350 valence electrons. The molecule has 0 heterocycles. The molecule has 0 aromatic rings. The first-order valence-corrected chi connectivity index (χ1v) is 26.2. The molecule has 0 aromatic carbocycles. The van der Waals surface area contributed by atoms with E-state index in [2.05, 4.69) is 43.5 Å². The zero-order valence-corrected chi connectivity index (χ0v) is 39.5. The number of hydrogen-bond donors (Lipinski definition) is 5. The number of aliphatic hydroxyl groups is 4. The summed E-state index contributed by atoms with van der Waals surface area (Å²) in [6.07, 6.45) is 56.8. The summed E-state index contributed by atoms with van der Waals surface area (Å²) in [6.45, 7) is 4.05. The highest BCUT2D eigenvalue weighted by atomic mass is 16.3. The van der Waals surface area contributed by atoms with Crippen molar-refractivity contribution in [2.24, 2.45) is 0 Å². The molecular formula is C53H103NO5. The molecule has 1 amide bonds. The fraction of sp³-hybridized carbons (Fsp3) is 0.906. The fourth-order valence-corrected chi connectivity index (χ4v) is 8.22. The van der Waals surface area contributed by atoms with Crippen LogP contribution in [0.15, 0.2) is 24.3 Å². The molecule has 0 aromatic heterocycles. The van der Waals surface area contributed by atoms with Crippen LogP contribution in [-0.4, -0.2) is 57.3 Å². The summed E-state index contributed by atoms with van der Waals surface area (Å²) in [6, 6.07) is -0.999. The lowest BCUT2D eigenvalue weighted by Crippen LogP contribution is -2.53. The molecule has 6 nitrogen and oxygen atoms in total. The lowest BCUT2D eigenvalue weighted by atomic mass is 10.00. The second-order valence-corrected chi connectivity index (χ2v) is 18.2. The Hall–Kier alpha value is -1.21. The minimum absolute atomic E-state index is 0.365. The van der Waals surface area contributed by atoms with Gasteiger partial charge in [0.2, 0.25) is 5.91 Å². The first-order valence-electron chi connectivity index (χ1n) is 26.2. The number of unbranched alkanes of at least 4 members (excludes halogenated alkanes) is 35. The van der Waals surface area contributed by atoms with E-state index >= 15 is 0 Å². The molecule has 0 radical (unpaired) electrons. The van der Waals surface area contributed by atoms with Crippen LogP contribution in [0.2, 0.25) is 0 Å². The van der Waals surface area contributed by atoms with E-state index in [0.717, 1.165) is 38.5 Å². The molecule has 59 heavy (non-hydrogen) atoms. The van der Waals surface area contributed by atoms with E-state index in [1.165, 1.54) is 212 Å². The van der Waals surface area contributed by atoms with Crippen LogP contribution >= 0.6 is 0 Å². The maximum absolute atomic E-state index is 12.5. The molecule has 0 aliphatic carbocycles. The third-order valence-corrected chi connectivity index (χ3v) is 12.4. The molecular weight excluding hydrogens is 731 g/mol. The van der Waals surface area contributed by atoms with E-state index in [-0.39, 0.29) is 0 Å². The molecule has 0 aliphatic heterocycles. The number of carbonyl (C=O) groups is 1. The molecule has 0 saturated heterocycles. The maximum Gasteiger partial charge on any atom is 0.249 e. The smallest absolute Gasteiger partial charge is 0.249 e. The van der Waals surface area contributed by atoms with Crippen molar-refractivity contribution in [2.75, 3.05) is 6.61 Å². The van der Waals surface area contributed by atoms with Gasteiger partial charge in [0.05, 0.1) is 18.8 Å². The molecule has 4 unspecified atom stereocenters. The molecule has 0 fully saturated rings. The Morgan fingerprint density at radius 1 is 0.407 bits per heavy atom. The lowest BCUT2D eigenvalue weighted by Gasteiger charge is -2.27. The minimum atomic E-state index is -1.28. The van der Waals surface area contributed by atoms with Crippen LogP contribution in [0.1, 0.15) is 277 Å². The predicted molar refractivity (Wildman–Crippen MR) is 256 cm³/mol. The first-order chi connectivity index (χ1) is 29.0. The van der Waals surface area contributed by atoms with Crippen LogP contribution in [0.5, 0.6) is 0 Å². The van der Waals surface area contributed by atoms with Crippen molar-refractivity contribution in [1.29, 1.82) is 0 Å². The highest BCUT2D eigenvalue weighted by molar-refractivity contribution is 5.80. The van der Waals surface area contributed by atoms with Crippen LogP contribution in [0, 0.1) is 0 Å². The van der Waals surface area contributed by atoms with Gasteiger partial charge < -0.3 is 25.7 Å². The summed E-state index contributed by atoms with van der Waals surface area (Å²) in [5.74, 6) is -0.591. The first kappa shape index (κ1) is 57.8. The zero-order chi connectivity index (χ0) is 43.1. The number of aliphatic hydroxyl groups excluding tert-OH is 4. The van der Waals surface area contributed by atoms with E-state index in [1.807, 2.05) is 0 Å². The van der Waals surface area contributed by atoms with Gasteiger partial charge in [0.25, 0.3) is 0 Å². The van der Waals surface area contributed by atoms with E-state index in [0.29, 0.717) is 12.8 Å². The summed E-state index contributed by atoms with van der Waals surface area (Å²) >= 11 is 0. The second kappa shape index (κ2) is 47.8. The third-order valence-electron chi connectivity index (χ3n) is 12.4.